The van der Waals surface area contributed by atoms with Gasteiger partial charge in [0.2, 0.25) is 0 Å². The number of ether oxygens (including phenoxy) is 1. The van der Waals surface area contributed by atoms with Crippen molar-refractivity contribution < 1.29 is 23.9 Å². The standard InChI is InChI=1S/C26H26ClN3O5/c1-3-35-26(34)17-9-11-20(12-10-17)30-24(32)21(27)22(25(30)33)28-19-8-4-7-18(14-19)23(31)29-13-5-6-16(2)15-29/h4,7-12,14,16,28H,3,5-6,13,15H2,1-2H3. The summed E-state index contributed by atoms with van der Waals surface area (Å²) < 4.78 is 4.95. The molecule has 3 amide bonds. The van der Waals surface area contributed by atoms with E-state index in [0.717, 1.165) is 17.7 Å². The van der Waals surface area contributed by atoms with Crippen molar-refractivity contribution in [3.63, 3.8) is 0 Å². The Morgan fingerprint density at radius 2 is 1.83 bits per heavy atom. The molecule has 182 valence electrons. The number of rotatable bonds is 6. The molecule has 0 aromatic heterocycles. The van der Waals surface area contributed by atoms with E-state index in [4.69, 9.17) is 16.3 Å². The zero-order valence-electron chi connectivity index (χ0n) is 19.5. The molecule has 8 nitrogen and oxygen atoms in total. The van der Waals surface area contributed by atoms with Crippen molar-refractivity contribution in [2.75, 3.05) is 29.9 Å². The molecule has 0 radical (unpaired) electrons. The van der Waals surface area contributed by atoms with Crippen LogP contribution in [0.5, 0.6) is 0 Å². The number of hydrogen-bond donors (Lipinski definition) is 1. The van der Waals surface area contributed by atoms with Gasteiger partial charge in [0.1, 0.15) is 10.7 Å². The molecule has 1 atom stereocenters. The third-order valence-corrected chi connectivity index (χ3v) is 6.34. The molecule has 1 saturated heterocycles. The van der Waals surface area contributed by atoms with E-state index in [-0.39, 0.29) is 28.9 Å². The first kappa shape index (κ1) is 24.5. The van der Waals surface area contributed by atoms with Crippen LogP contribution in [0.25, 0.3) is 0 Å². The second-order valence-corrected chi connectivity index (χ2v) is 8.98. The van der Waals surface area contributed by atoms with Gasteiger partial charge in [0, 0.05) is 24.3 Å². The van der Waals surface area contributed by atoms with Crippen LogP contribution < -0.4 is 10.2 Å². The molecule has 1 fully saturated rings. The molecular weight excluding hydrogens is 470 g/mol. The largest absolute Gasteiger partial charge is 0.462 e. The molecule has 1 unspecified atom stereocenters. The van der Waals surface area contributed by atoms with Crippen LogP contribution >= 0.6 is 11.6 Å². The van der Waals surface area contributed by atoms with Crippen LogP contribution in [-0.2, 0) is 14.3 Å². The van der Waals surface area contributed by atoms with Gasteiger partial charge in [0.25, 0.3) is 17.7 Å². The van der Waals surface area contributed by atoms with E-state index < -0.39 is 17.8 Å². The predicted molar refractivity (Wildman–Crippen MR) is 132 cm³/mol. The summed E-state index contributed by atoms with van der Waals surface area (Å²) in [4.78, 5) is 53.5. The fourth-order valence-corrected chi connectivity index (χ4v) is 4.45. The SMILES string of the molecule is CCOC(=O)c1ccc(N2C(=O)C(Cl)=C(Nc3cccc(C(=O)N4CCCC(C)C4)c3)C2=O)cc1. The highest BCUT2D eigenvalue weighted by Crippen LogP contribution is 2.30. The summed E-state index contributed by atoms with van der Waals surface area (Å²) in [7, 11) is 0. The van der Waals surface area contributed by atoms with E-state index in [9.17, 15) is 19.2 Å². The average molecular weight is 496 g/mol. The number of nitrogens with one attached hydrogen (secondary N) is 1. The number of esters is 1. The quantitative estimate of drug-likeness (QED) is 0.477. The second-order valence-electron chi connectivity index (χ2n) is 8.61. The molecule has 4 rings (SSSR count). The number of carbonyl (C=O) groups excluding carboxylic acids is 4. The van der Waals surface area contributed by atoms with Gasteiger partial charge in [-0.05, 0) is 68.1 Å². The highest BCUT2D eigenvalue weighted by molar-refractivity contribution is 6.53. The van der Waals surface area contributed by atoms with E-state index >= 15 is 0 Å². The van der Waals surface area contributed by atoms with Gasteiger partial charge in [0.05, 0.1) is 17.9 Å². The van der Waals surface area contributed by atoms with E-state index in [1.54, 1.807) is 31.2 Å². The summed E-state index contributed by atoms with van der Waals surface area (Å²) in [5.74, 6) is -1.43. The Kier molecular flexibility index (Phi) is 7.21. The molecule has 2 aliphatic rings. The number of imide groups is 1. The number of benzene rings is 2. The lowest BCUT2D eigenvalue weighted by atomic mass is 9.99. The summed E-state index contributed by atoms with van der Waals surface area (Å²) in [5.41, 5.74) is 1.45. The number of hydrogen-bond acceptors (Lipinski definition) is 6. The molecular formula is C26H26ClN3O5. The fourth-order valence-electron chi connectivity index (χ4n) is 4.24. The van der Waals surface area contributed by atoms with E-state index in [1.807, 2.05) is 4.90 Å². The van der Waals surface area contributed by atoms with Gasteiger partial charge in [-0.1, -0.05) is 24.6 Å². The third-order valence-electron chi connectivity index (χ3n) is 5.99. The Morgan fingerprint density at radius 1 is 1.09 bits per heavy atom. The van der Waals surface area contributed by atoms with Crippen LogP contribution in [-0.4, -0.2) is 48.3 Å². The predicted octanol–water partition coefficient (Wildman–Crippen LogP) is 4.17. The number of likely N-dealkylation sites (tertiary alicyclic amines) is 1. The first-order valence-electron chi connectivity index (χ1n) is 11.5. The van der Waals surface area contributed by atoms with Crippen molar-refractivity contribution >= 4 is 46.7 Å². The van der Waals surface area contributed by atoms with Gasteiger partial charge in [0.15, 0.2) is 0 Å². The van der Waals surface area contributed by atoms with Crippen LogP contribution in [0.3, 0.4) is 0 Å². The molecule has 0 bridgehead atoms. The van der Waals surface area contributed by atoms with Crippen molar-refractivity contribution in [2.45, 2.75) is 26.7 Å². The Morgan fingerprint density at radius 3 is 2.51 bits per heavy atom. The maximum atomic E-state index is 13.1. The van der Waals surface area contributed by atoms with Crippen molar-refractivity contribution in [3.05, 3.63) is 70.4 Å². The minimum absolute atomic E-state index is 0.0718. The summed E-state index contributed by atoms with van der Waals surface area (Å²) in [6.07, 6.45) is 2.08. The smallest absolute Gasteiger partial charge is 0.338 e. The van der Waals surface area contributed by atoms with Crippen molar-refractivity contribution in [2.24, 2.45) is 5.92 Å². The first-order valence-corrected chi connectivity index (χ1v) is 11.9. The molecule has 2 aliphatic heterocycles. The van der Waals surface area contributed by atoms with E-state index in [0.29, 0.717) is 35.8 Å². The van der Waals surface area contributed by atoms with Crippen molar-refractivity contribution in [1.82, 2.24) is 4.90 Å². The topological polar surface area (TPSA) is 96.0 Å². The van der Waals surface area contributed by atoms with Crippen LogP contribution in [0.2, 0.25) is 0 Å². The third kappa shape index (κ3) is 5.07. The molecule has 35 heavy (non-hydrogen) atoms. The van der Waals surface area contributed by atoms with Crippen LogP contribution in [0.4, 0.5) is 11.4 Å². The van der Waals surface area contributed by atoms with E-state index in [1.165, 1.54) is 24.3 Å². The number of carbonyl (C=O) groups is 4. The monoisotopic (exact) mass is 495 g/mol. The van der Waals surface area contributed by atoms with E-state index in [2.05, 4.69) is 12.2 Å². The zero-order chi connectivity index (χ0) is 25.1. The summed E-state index contributed by atoms with van der Waals surface area (Å²) in [6.45, 7) is 5.50. The number of halogens is 1. The Labute approximate surface area is 208 Å². The second kappa shape index (κ2) is 10.3. The minimum Gasteiger partial charge on any atom is -0.462 e. The summed E-state index contributed by atoms with van der Waals surface area (Å²) >= 11 is 6.24. The minimum atomic E-state index is -0.683. The fraction of sp³-hybridized carbons (Fsp3) is 0.308. The Hall–Kier alpha value is -3.65. The van der Waals surface area contributed by atoms with Crippen LogP contribution in [0.1, 0.15) is 47.4 Å². The lowest BCUT2D eigenvalue weighted by Crippen LogP contribution is -2.39. The van der Waals surface area contributed by atoms with Crippen LogP contribution in [0.15, 0.2) is 59.3 Å². The molecule has 1 N–H and O–H groups in total. The molecule has 2 heterocycles. The first-order chi connectivity index (χ1) is 16.8. The number of amides is 3. The Bertz CT molecular complexity index is 1210. The maximum absolute atomic E-state index is 13.1. The molecule has 2 aromatic carbocycles. The number of piperidine rings is 1. The van der Waals surface area contributed by atoms with Gasteiger partial charge >= 0.3 is 5.97 Å². The van der Waals surface area contributed by atoms with Gasteiger partial charge in [-0.25, -0.2) is 9.69 Å². The zero-order valence-corrected chi connectivity index (χ0v) is 20.3. The molecule has 0 aliphatic carbocycles. The lowest BCUT2D eigenvalue weighted by molar-refractivity contribution is -0.120. The number of nitrogens with zero attached hydrogens (tertiary/aromatic N) is 2. The molecule has 0 saturated carbocycles. The Balaban J connectivity index is 1.51. The van der Waals surface area contributed by atoms with Crippen molar-refractivity contribution in [3.8, 4) is 0 Å². The highest BCUT2D eigenvalue weighted by Gasteiger charge is 2.39. The number of anilines is 2. The van der Waals surface area contributed by atoms with Crippen LogP contribution in [0, 0.1) is 5.92 Å². The van der Waals surface area contributed by atoms with Gasteiger partial charge < -0.3 is 15.0 Å². The summed E-state index contributed by atoms with van der Waals surface area (Å²) in [6, 6.07) is 12.7. The molecule has 9 heteroatoms. The normalized spacial score (nSPS) is 18.2. The van der Waals surface area contributed by atoms with Gasteiger partial charge in [-0.15, -0.1) is 0 Å². The van der Waals surface area contributed by atoms with Gasteiger partial charge in [-0.3, -0.25) is 14.4 Å². The maximum Gasteiger partial charge on any atom is 0.338 e. The average Bonchev–Trinajstić information content (AvgIpc) is 3.07. The molecule has 2 aromatic rings. The highest BCUT2D eigenvalue weighted by atomic mass is 35.5. The van der Waals surface area contributed by atoms with Gasteiger partial charge in [-0.2, -0.15) is 0 Å². The van der Waals surface area contributed by atoms with Crippen molar-refractivity contribution in [1.29, 1.82) is 0 Å². The summed E-state index contributed by atoms with van der Waals surface area (Å²) in [5, 5.41) is 2.66. The lowest BCUT2D eigenvalue weighted by Gasteiger charge is -2.31. The molecule has 0 spiro atoms.